The summed E-state index contributed by atoms with van der Waals surface area (Å²) in [6, 6.07) is 12.2. The predicted octanol–water partition coefficient (Wildman–Crippen LogP) is 4.22. The first-order chi connectivity index (χ1) is 16.1. The number of aromatic nitrogens is 2. The topological polar surface area (TPSA) is 70.6 Å². The van der Waals surface area contributed by atoms with Gasteiger partial charge in [-0.1, -0.05) is 30.0 Å². The lowest BCUT2D eigenvalue weighted by Crippen LogP contribution is -2.33. The van der Waals surface area contributed by atoms with Gasteiger partial charge >= 0.3 is 0 Å². The number of benzene rings is 1. The van der Waals surface area contributed by atoms with Crippen molar-refractivity contribution < 1.29 is 9.53 Å². The maximum absolute atomic E-state index is 13.4. The average molecular weight is 484 g/mol. The first-order valence-corrected chi connectivity index (χ1v) is 13.0. The van der Waals surface area contributed by atoms with Crippen LogP contribution in [0.2, 0.25) is 0 Å². The minimum atomic E-state index is -0.0782. The quantitative estimate of drug-likeness (QED) is 0.361. The fraction of sp³-hybridized carbons (Fsp3) is 0.375. The molecule has 174 valence electrons. The minimum absolute atomic E-state index is 0.0456. The highest BCUT2D eigenvalue weighted by atomic mass is 32.2. The summed E-state index contributed by atoms with van der Waals surface area (Å²) >= 11 is 3.19. The number of amides is 1. The SMILES string of the molecule is CNCC[C@@H](OCc1cccc(N2CCN(C)c3nc(SC)ncc3C2=O)c1)c1cccs1. The molecule has 1 aliphatic rings. The molecule has 0 bridgehead atoms. The third-order valence-corrected chi connectivity index (χ3v) is 7.14. The third-order valence-electron chi connectivity index (χ3n) is 5.62. The Labute approximate surface area is 203 Å². The van der Waals surface area contributed by atoms with Gasteiger partial charge in [-0.15, -0.1) is 11.3 Å². The van der Waals surface area contributed by atoms with Gasteiger partial charge in [-0.25, -0.2) is 9.97 Å². The lowest BCUT2D eigenvalue weighted by Gasteiger charge is -2.22. The Morgan fingerprint density at radius 2 is 2.15 bits per heavy atom. The Balaban J connectivity index is 1.52. The van der Waals surface area contributed by atoms with Crippen LogP contribution in [0.25, 0.3) is 0 Å². The molecule has 1 aliphatic heterocycles. The van der Waals surface area contributed by atoms with E-state index in [1.165, 1.54) is 16.6 Å². The second kappa shape index (κ2) is 11.1. The van der Waals surface area contributed by atoms with Crippen LogP contribution in [0.15, 0.2) is 53.1 Å². The van der Waals surface area contributed by atoms with E-state index in [1.54, 1.807) is 17.5 Å². The number of thioether (sulfide) groups is 1. The van der Waals surface area contributed by atoms with Gasteiger partial charge in [-0.3, -0.25) is 4.79 Å². The van der Waals surface area contributed by atoms with Crippen LogP contribution in [0.4, 0.5) is 11.5 Å². The number of anilines is 2. The second-order valence-electron chi connectivity index (χ2n) is 7.85. The van der Waals surface area contributed by atoms with Gasteiger partial charge in [0.1, 0.15) is 11.4 Å². The van der Waals surface area contributed by atoms with E-state index in [9.17, 15) is 4.79 Å². The van der Waals surface area contributed by atoms with Crippen LogP contribution in [-0.2, 0) is 11.3 Å². The molecular weight excluding hydrogens is 454 g/mol. The molecule has 0 fully saturated rings. The van der Waals surface area contributed by atoms with Gasteiger partial charge in [-0.05, 0) is 55.4 Å². The summed E-state index contributed by atoms with van der Waals surface area (Å²) in [7, 11) is 3.92. The van der Waals surface area contributed by atoms with E-state index in [0.29, 0.717) is 36.2 Å². The van der Waals surface area contributed by atoms with Crippen LogP contribution in [0, 0.1) is 0 Å². The van der Waals surface area contributed by atoms with E-state index < -0.39 is 0 Å². The molecular formula is C24H29N5O2S2. The Bertz CT molecular complexity index is 1080. The number of thiophene rings is 1. The largest absolute Gasteiger partial charge is 0.368 e. The molecule has 9 heteroatoms. The minimum Gasteiger partial charge on any atom is -0.368 e. The van der Waals surface area contributed by atoms with Crippen LogP contribution >= 0.6 is 23.1 Å². The Morgan fingerprint density at radius 3 is 2.91 bits per heavy atom. The highest BCUT2D eigenvalue weighted by Crippen LogP contribution is 2.29. The number of carbonyl (C=O) groups is 1. The molecule has 1 amide bonds. The highest BCUT2D eigenvalue weighted by molar-refractivity contribution is 7.98. The number of hydrogen-bond donors (Lipinski definition) is 1. The van der Waals surface area contributed by atoms with E-state index in [2.05, 4.69) is 32.8 Å². The lowest BCUT2D eigenvalue weighted by molar-refractivity contribution is 0.0367. The number of fused-ring (bicyclic) bond motifs is 1. The Kier molecular flexibility index (Phi) is 7.97. The molecule has 0 aliphatic carbocycles. The van der Waals surface area contributed by atoms with Crippen molar-refractivity contribution >= 4 is 40.5 Å². The molecule has 0 radical (unpaired) electrons. The third kappa shape index (κ3) is 5.55. The molecule has 0 saturated heterocycles. The number of rotatable bonds is 9. The van der Waals surface area contributed by atoms with Crippen molar-refractivity contribution in [2.75, 3.05) is 49.8 Å². The van der Waals surface area contributed by atoms with E-state index >= 15 is 0 Å². The number of ether oxygens (including phenoxy) is 1. The fourth-order valence-corrected chi connectivity index (χ4v) is 4.96. The summed E-state index contributed by atoms with van der Waals surface area (Å²) in [6.07, 6.45) is 4.53. The van der Waals surface area contributed by atoms with Crippen molar-refractivity contribution in [3.05, 3.63) is 64.0 Å². The zero-order valence-electron chi connectivity index (χ0n) is 19.2. The van der Waals surface area contributed by atoms with Crippen molar-refractivity contribution in [1.82, 2.24) is 15.3 Å². The fourth-order valence-electron chi connectivity index (χ4n) is 3.82. The Morgan fingerprint density at radius 1 is 1.27 bits per heavy atom. The zero-order valence-corrected chi connectivity index (χ0v) is 20.8. The van der Waals surface area contributed by atoms with Gasteiger partial charge in [0.15, 0.2) is 5.16 Å². The molecule has 1 atom stereocenters. The molecule has 33 heavy (non-hydrogen) atoms. The van der Waals surface area contributed by atoms with Gasteiger partial charge in [-0.2, -0.15) is 0 Å². The van der Waals surface area contributed by atoms with Crippen molar-refractivity contribution in [2.24, 2.45) is 0 Å². The average Bonchev–Trinajstić information content (AvgIpc) is 3.35. The first-order valence-electron chi connectivity index (χ1n) is 10.9. The maximum Gasteiger partial charge on any atom is 0.263 e. The monoisotopic (exact) mass is 483 g/mol. The first kappa shape index (κ1) is 23.7. The normalized spacial score (nSPS) is 14.8. The summed E-state index contributed by atoms with van der Waals surface area (Å²) in [4.78, 5) is 27.4. The molecule has 3 heterocycles. The maximum atomic E-state index is 13.4. The zero-order chi connectivity index (χ0) is 23.2. The van der Waals surface area contributed by atoms with Gasteiger partial charge in [0.05, 0.1) is 12.7 Å². The van der Waals surface area contributed by atoms with E-state index in [-0.39, 0.29) is 12.0 Å². The molecule has 0 spiro atoms. The number of carbonyl (C=O) groups excluding carboxylic acids is 1. The van der Waals surface area contributed by atoms with Crippen LogP contribution in [0.1, 0.15) is 33.3 Å². The van der Waals surface area contributed by atoms with Gasteiger partial charge < -0.3 is 19.9 Å². The molecule has 3 aromatic rings. The molecule has 1 aromatic carbocycles. The number of likely N-dealkylation sites (N-methyl/N-ethyl adjacent to an activating group) is 1. The van der Waals surface area contributed by atoms with Crippen molar-refractivity contribution in [3.8, 4) is 0 Å². The molecule has 2 aromatic heterocycles. The van der Waals surface area contributed by atoms with Crippen LogP contribution in [0.5, 0.6) is 0 Å². The van der Waals surface area contributed by atoms with E-state index in [4.69, 9.17) is 4.74 Å². The van der Waals surface area contributed by atoms with Crippen LogP contribution < -0.4 is 15.1 Å². The van der Waals surface area contributed by atoms with Gasteiger partial charge in [0, 0.05) is 36.9 Å². The smallest absolute Gasteiger partial charge is 0.263 e. The van der Waals surface area contributed by atoms with Crippen molar-refractivity contribution in [1.29, 1.82) is 0 Å². The van der Waals surface area contributed by atoms with E-state index in [0.717, 1.165) is 24.2 Å². The summed E-state index contributed by atoms with van der Waals surface area (Å²) in [5.74, 6) is 0.607. The molecule has 7 nitrogen and oxygen atoms in total. The number of hydrogen-bond acceptors (Lipinski definition) is 8. The number of nitrogens with zero attached hydrogens (tertiary/aromatic N) is 4. The van der Waals surface area contributed by atoms with Crippen molar-refractivity contribution in [2.45, 2.75) is 24.3 Å². The summed E-state index contributed by atoms with van der Waals surface area (Å²) < 4.78 is 6.30. The summed E-state index contributed by atoms with van der Waals surface area (Å²) in [6.45, 7) is 2.64. The molecule has 0 unspecified atom stereocenters. The predicted molar refractivity (Wildman–Crippen MR) is 136 cm³/mol. The van der Waals surface area contributed by atoms with Gasteiger partial charge in [0.2, 0.25) is 0 Å². The molecule has 0 saturated carbocycles. The summed E-state index contributed by atoms with van der Waals surface area (Å²) in [5, 5.41) is 5.95. The van der Waals surface area contributed by atoms with Crippen LogP contribution in [0.3, 0.4) is 0 Å². The molecule has 4 rings (SSSR count). The summed E-state index contributed by atoms with van der Waals surface area (Å²) in [5.41, 5.74) is 2.43. The standard InChI is InChI=1S/C24H29N5O2S2/c1-25-10-9-20(21-8-5-13-33-21)31-16-17-6-4-7-18(14-17)29-12-11-28(2)22-19(23(29)30)15-26-24(27-22)32-3/h4-8,13-15,20,25H,9-12,16H2,1-3H3/t20-/m1/s1. The highest BCUT2D eigenvalue weighted by Gasteiger charge is 2.28. The lowest BCUT2D eigenvalue weighted by atomic mass is 10.1. The van der Waals surface area contributed by atoms with E-state index in [1.807, 2.05) is 54.4 Å². The van der Waals surface area contributed by atoms with Crippen LogP contribution in [-0.4, -0.2) is 55.9 Å². The Hall–Kier alpha value is -2.46. The second-order valence-corrected chi connectivity index (χ2v) is 9.60. The van der Waals surface area contributed by atoms with Crippen molar-refractivity contribution in [3.63, 3.8) is 0 Å². The number of nitrogens with one attached hydrogen (secondary N) is 1. The van der Waals surface area contributed by atoms with Gasteiger partial charge in [0.25, 0.3) is 5.91 Å². The molecule has 1 N–H and O–H groups in total.